The first kappa shape index (κ1) is 45.2. The minimum atomic E-state index is 1.16. The van der Waals surface area contributed by atoms with E-state index in [2.05, 4.69) is 294 Å². The van der Waals surface area contributed by atoms with Crippen molar-refractivity contribution >= 4 is 196 Å². The molecular formula is C84H44N6. The van der Waals surface area contributed by atoms with Crippen molar-refractivity contribution in [3.05, 3.63) is 267 Å². The molecule has 24 rings (SSSR count). The van der Waals surface area contributed by atoms with Crippen LogP contribution in [0.25, 0.3) is 218 Å². The molecule has 6 heteroatoms. The molecule has 14 aromatic carbocycles. The summed E-state index contributed by atoms with van der Waals surface area (Å²) in [6, 6.07) is 101. The summed E-state index contributed by atoms with van der Waals surface area (Å²) in [5, 5.41) is 25.7. The fourth-order valence-corrected chi connectivity index (χ4v) is 18.3. The van der Waals surface area contributed by atoms with E-state index in [0.29, 0.717) is 0 Å². The van der Waals surface area contributed by atoms with E-state index in [1.807, 2.05) is 0 Å². The Hall–Kier alpha value is -12.1. The number of fused-ring (bicyclic) bond motifs is 34. The Morgan fingerprint density at radius 2 is 0.578 bits per heavy atom. The summed E-state index contributed by atoms with van der Waals surface area (Å²) in [7, 11) is 0. The van der Waals surface area contributed by atoms with Gasteiger partial charge in [-0.1, -0.05) is 176 Å². The molecule has 0 unspecified atom stereocenters. The second-order valence-electron chi connectivity index (χ2n) is 25.4. The Morgan fingerprint density at radius 1 is 0.167 bits per heavy atom. The molecule has 0 radical (unpaired) electrons. The highest BCUT2D eigenvalue weighted by Gasteiger charge is 2.32. The van der Waals surface area contributed by atoms with Crippen molar-refractivity contribution in [3.8, 4) is 22.5 Å². The molecule has 0 N–H and O–H groups in total. The lowest BCUT2D eigenvalue weighted by Gasteiger charge is -2.10. The highest BCUT2D eigenvalue weighted by atomic mass is 15.0. The zero-order chi connectivity index (χ0) is 57.7. The van der Waals surface area contributed by atoms with Crippen LogP contribution in [-0.2, 0) is 0 Å². The van der Waals surface area contributed by atoms with Gasteiger partial charge in [0.05, 0.1) is 88.3 Å². The van der Waals surface area contributed by atoms with Crippen molar-refractivity contribution in [1.29, 1.82) is 0 Å². The molecule has 10 aromatic heterocycles. The van der Waals surface area contributed by atoms with E-state index >= 15 is 0 Å². The normalized spacial score (nSPS) is 13.1. The van der Waals surface area contributed by atoms with Gasteiger partial charge in [0.2, 0.25) is 0 Å². The summed E-state index contributed by atoms with van der Waals surface area (Å²) >= 11 is 0. The predicted molar refractivity (Wildman–Crippen MR) is 379 cm³/mol. The van der Waals surface area contributed by atoms with Crippen molar-refractivity contribution < 1.29 is 0 Å². The quantitative estimate of drug-likeness (QED) is 0.169. The van der Waals surface area contributed by atoms with Crippen molar-refractivity contribution in [2.24, 2.45) is 0 Å². The van der Waals surface area contributed by atoms with Crippen molar-refractivity contribution in [2.45, 2.75) is 0 Å². The third kappa shape index (κ3) is 4.96. The zero-order valence-corrected chi connectivity index (χ0v) is 48.1. The van der Waals surface area contributed by atoms with Crippen LogP contribution in [0.15, 0.2) is 267 Å². The molecule has 0 atom stereocenters. The van der Waals surface area contributed by atoms with Crippen LogP contribution in [0.2, 0.25) is 0 Å². The van der Waals surface area contributed by atoms with Gasteiger partial charge in [-0.25, -0.2) is 0 Å². The van der Waals surface area contributed by atoms with Crippen LogP contribution in [-0.4, -0.2) is 26.7 Å². The molecule has 0 aliphatic rings. The van der Waals surface area contributed by atoms with E-state index in [1.54, 1.807) is 0 Å². The molecule has 0 aliphatic carbocycles. The number of hydrogen-bond acceptors (Lipinski definition) is 0. The molecule has 10 heterocycles. The molecule has 24 aromatic rings. The Morgan fingerprint density at radius 3 is 1.28 bits per heavy atom. The Labute approximate surface area is 509 Å². The summed E-state index contributed by atoms with van der Waals surface area (Å²) in [5.41, 5.74) is 24.6. The van der Waals surface area contributed by atoms with Gasteiger partial charge in [0.1, 0.15) is 0 Å². The molecule has 410 valence electrons. The molecule has 0 fully saturated rings. The van der Waals surface area contributed by atoms with Crippen molar-refractivity contribution in [1.82, 2.24) is 26.7 Å². The fraction of sp³-hybridized carbons (Fsp3) is 0. The fourth-order valence-electron chi connectivity index (χ4n) is 18.3. The van der Waals surface area contributed by atoms with Gasteiger partial charge in [-0.15, -0.1) is 0 Å². The second kappa shape index (κ2) is 15.3. The summed E-state index contributed by atoms with van der Waals surface area (Å²) in [6.45, 7) is 0. The van der Waals surface area contributed by atoms with E-state index in [9.17, 15) is 0 Å². The summed E-state index contributed by atoms with van der Waals surface area (Å²) < 4.78 is 15.4. The Balaban J connectivity index is 0.831. The van der Waals surface area contributed by atoms with E-state index in [0.717, 1.165) is 11.4 Å². The van der Waals surface area contributed by atoms with Crippen molar-refractivity contribution in [2.75, 3.05) is 0 Å². The smallest absolute Gasteiger partial charge is 0.0641 e. The van der Waals surface area contributed by atoms with Gasteiger partial charge >= 0.3 is 0 Å². The molecule has 0 saturated carbocycles. The monoisotopic (exact) mass is 1140 g/mol. The maximum Gasteiger partial charge on any atom is 0.0641 e. The largest absolute Gasteiger partial charge is 0.309 e. The van der Waals surface area contributed by atoms with Gasteiger partial charge in [-0.2, -0.15) is 0 Å². The van der Waals surface area contributed by atoms with Gasteiger partial charge in [-0.3, -0.25) is 0 Å². The van der Waals surface area contributed by atoms with Crippen LogP contribution in [0.4, 0.5) is 0 Å². The Bertz CT molecular complexity index is 7370. The minimum Gasteiger partial charge on any atom is -0.309 e. The van der Waals surface area contributed by atoms with Gasteiger partial charge in [0, 0.05) is 119 Å². The van der Waals surface area contributed by atoms with Crippen LogP contribution in [0.3, 0.4) is 0 Å². The molecule has 0 bridgehead atoms. The van der Waals surface area contributed by atoms with Gasteiger partial charge in [0.15, 0.2) is 0 Å². The molecule has 0 saturated heterocycles. The molecule has 0 amide bonds. The molecule has 0 aliphatic heterocycles. The number of rotatable bonds is 3. The molecule has 90 heavy (non-hydrogen) atoms. The first-order valence-electron chi connectivity index (χ1n) is 31.4. The van der Waals surface area contributed by atoms with Gasteiger partial charge in [0.25, 0.3) is 0 Å². The third-order valence-electron chi connectivity index (χ3n) is 21.4. The standard InChI is InChI=1S/C84H44N6/c1-3-18-46(19-4-1)85-64-34-14-10-25-55(64)73-66(85)40-41-67-76(73)78-74-57-29-15-27-53-49-22-8-12-32-62(49)88(80(53)57)70(74)44-60-52-37-36-45(42-69(52)89(67)83(60)78)48-26-17-35-65-72(48)56-28-16-30-58-75-71(90(65)81(56)58)43-59-51-24-9-13-33-63(51)87-68-39-38-54-50-23-7-11-31-61(50)86(47-20-5-2-6-21-47)82(54)77(68)79(75)84(59)87/h1-44H. The minimum absolute atomic E-state index is 1.16. The predicted octanol–water partition coefficient (Wildman–Crippen LogP) is 22.1. The van der Waals surface area contributed by atoms with E-state index in [4.69, 9.17) is 0 Å². The lowest BCUT2D eigenvalue weighted by Crippen LogP contribution is -1.93. The maximum absolute atomic E-state index is 2.64. The Kier molecular flexibility index (Phi) is 7.71. The zero-order valence-electron chi connectivity index (χ0n) is 48.1. The summed E-state index contributed by atoms with van der Waals surface area (Å²) in [5.74, 6) is 0. The molecule has 0 spiro atoms. The highest BCUT2D eigenvalue weighted by Crippen LogP contribution is 2.55. The maximum atomic E-state index is 2.64. The number of benzene rings is 14. The SMILES string of the molecule is c1ccc(-n2c3ccccc3c3c4c5c6c7cccc8c9ccccc9n(c6cc6c9ccc(-c%10cccc%11c%10c%10cccc%12c%13c%14c%15c%16c(ccc%15n%15c%17ccccc%17c(cc%13n%11c%10%12)c%14%15)c%10ccccc%10n%16-c%10ccccc%10)cc9n(c4ccc32)c65)c87)cc1. The molecular weight excluding hydrogens is 1090 g/mol. The molecule has 6 nitrogen and oxygen atoms in total. The number of aromatic nitrogens is 6. The van der Waals surface area contributed by atoms with Crippen LogP contribution >= 0.6 is 0 Å². The number of hydrogen-bond donors (Lipinski definition) is 0. The van der Waals surface area contributed by atoms with Gasteiger partial charge in [-0.05, 0) is 102 Å². The second-order valence-corrected chi connectivity index (χ2v) is 25.4. The lowest BCUT2D eigenvalue weighted by atomic mass is 9.96. The topological polar surface area (TPSA) is 27.5 Å². The first-order chi connectivity index (χ1) is 44.7. The van der Waals surface area contributed by atoms with Crippen molar-refractivity contribution in [3.63, 3.8) is 0 Å². The van der Waals surface area contributed by atoms with Crippen LogP contribution in [0, 0.1) is 0 Å². The summed E-state index contributed by atoms with van der Waals surface area (Å²) in [4.78, 5) is 0. The lowest BCUT2D eigenvalue weighted by molar-refractivity contribution is 1.18. The summed E-state index contributed by atoms with van der Waals surface area (Å²) in [6.07, 6.45) is 0. The van der Waals surface area contributed by atoms with Gasteiger partial charge < -0.3 is 26.7 Å². The number of para-hydroxylation sites is 8. The van der Waals surface area contributed by atoms with Crippen LogP contribution in [0.5, 0.6) is 0 Å². The first-order valence-corrected chi connectivity index (χ1v) is 31.4. The van der Waals surface area contributed by atoms with Crippen LogP contribution < -0.4 is 0 Å². The average molecular weight is 1140 g/mol. The van der Waals surface area contributed by atoms with E-state index in [1.165, 1.54) is 207 Å². The number of nitrogens with zero attached hydrogens (tertiary/aromatic N) is 6. The van der Waals surface area contributed by atoms with E-state index < -0.39 is 0 Å². The highest BCUT2D eigenvalue weighted by molar-refractivity contribution is 6.44. The van der Waals surface area contributed by atoms with Crippen LogP contribution in [0.1, 0.15) is 0 Å². The third-order valence-corrected chi connectivity index (χ3v) is 21.4. The average Bonchev–Trinajstić information content (AvgIpc) is 1.50. The van der Waals surface area contributed by atoms with E-state index in [-0.39, 0.29) is 0 Å².